The van der Waals surface area contributed by atoms with Crippen molar-refractivity contribution < 1.29 is 14.3 Å². The van der Waals surface area contributed by atoms with Gasteiger partial charge in [-0.1, -0.05) is 36.4 Å². The lowest BCUT2D eigenvalue weighted by Crippen LogP contribution is -2.34. The number of amides is 1. The number of halogens is 1. The molecule has 0 aliphatic heterocycles. The van der Waals surface area contributed by atoms with Crippen LogP contribution in [0.2, 0.25) is 0 Å². The molecule has 3 rings (SSSR count). The van der Waals surface area contributed by atoms with Gasteiger partial charge in [0.25, 0.3) is 5.91 Å². The number of ether oxygens (including phenoxy) is 2. The van der Waals surface area contributed by atoms with E-state index in [1.165, 1.54) is 0 Å². The molecule has 0 atom stereocenters. The molecule has 0 saturated carbocycles. The molecule has 3 aromatic carbocycles. The highest BCUT2D eigenvalue weighted by molar-refractivity contribution is 9.10. The van der Waals surface area contributed by atoms with Crippen LogP contribution in [-0.4, -0.2) is 31.3 Å². The fourth-order valence-corrected chi connectivity index (χ4v) is 3.35. The van der Waals surface area contributed by atoms with Crippen LogP contribution in [0.15, 0.2) is 65.1 Å². The lowest BCUT2D eigenvalue weighted by Gasteiger charge is -2.13. The molecule has 0 radical (unpaired) electrons. The number of hydrogen-bond donors (Lipinski definition) is 2. The van der Waals surface area contributed by atoms with Gasteiger partial charge in [-0.25, -0.2) is 0 Å². The summed E-state index contributed by atoms with van der Waals surface area (Å²) >= 11 is 8.73. The monoisotopic (exact) mass is 458 g/mol. The summed E-state index contributed by atoms with van der Waals surface area (Å²) in [5.74, 6) is 0.340. The lowest BCUT2D eigenvalue weighted by molar-refractivity contribution is 0.0977. The molecule has 0 saturated heterocycles. The van der Waals surface area contributed by atoms with Crippen LogP contribution in [-0.2, 0) is 4.74 Å². The van der Waals surface area contributed by atoms with Gasteiger partial charge in [0.05, 0.1) is 11.1 Å². The second-order valence-electron chi connectivity index (χ2n) is 5.92. The van der Waals surface area contributed by atoms with Gasteiger partial charge in [0.2, 0.25) is 0 Å². The van der Waals surface area contributed by atoms with Gasteiger partial charge in [0.15, 0.2) is 5.11 Å². The SMILES string of the molecule is COCCOc1ccc(C(=O)NC(=S)Nc2cccc3ccccc23)cc1Br. The number of carbonyl (C=O) groups excluding carboxylic acids is 1. The summed E-state index contributed by atoms with van der Waals surface area (Å²) in [7, 11) is 1.61. The van der Waals surface area contributed by atoms with E-state index in [1.807, 2.05) is 42.5 Å². The number of thiocarbonyl (C=S) groups is 1. The summed E-state index contributed by atoms with van der Waals surface area (Å²) < 4.78 is 11.2. The Morgan fingerprint density at radius 2 is 1.86 bits per heavy atom. The Balaban J connectivity index is 1.65. The summed E-state index contributed by atoms with van der Waals surface area (Å²) in [5.41, 5.74) is 1.31. The quantitative estimate of drug-likeness (QED) is 0.412. The van der Waals surface area contributed by atoms with Crippen molar-refractivity contribution in [3.05, 3.63) is 70.7 Å². The minimum Gasteiger partial charge on any atom is -0.490 e. The topological polar surface area (TPSA) is 59.6 Å². The highest BCUT2D eigenvalue weighted by atomic mass is 79.9. The van der Waals surface area contributed by atoms with Gasteiger partial charge in [0, 0.05) is 23.7 Å². The van der Waals surface area contributed by atoms with E-state index in [2.05, 4.69) is 26.6 Å². The molecule has 2 N–H and O–H groups in total. The first-order chi connectivity index (χ1) is 13.6. The largest absolute Gasteiger partial charge is 0.490 e. The first-order valence-corrected chi connectivity index (χ1v) is 9.80. The molecule has 0 aromatic heterocycles. The summed E-state index contributed by atoms with van der Waals surface area (Å²) in [6.45, 7) is 0.919. The van der Waals surface area contributed by atoms with Crippen LogP contribution in [0, 0.1) is 0 Å². The van der Waals surface area contributed by atoms with Crippen LogP contribution in [0.3, 0.4) is 0 Å². The van der Waals surface area contributed by atoms with Crippen LogP contribution in [0.1, 0.15) is 10.4 Å². The van der Waals surface area contributed by atoms with Gasteiger partial charge in [-0.3, -0.25) is 10.1 Å². The van der Waals surface area contributed by atoms with Crippen molar-refractivity contribution in [2.75, 3.05) is 25.6 Å². The second-order valence-corrected chi connectivity index (χ2v) is 7.18. The molecular weight excluding hydrogens is 440 g/mol. The highest BCUT2D eigenvalue weighted by Crippen LogP contribution is 2.26. The second kappa shape index (κ2) is 9.64. The van der Waals surface area contributed by atoms with Crippen LogP contribution in [0.25, 0.3) is 10.8 Å². The molecule has 7 heteroatoms. The predicted octanol–water partition coefficient (Wildman–Crippen LogP) is 4.75. The van der Waals surface area contributed by atoms with Crippen LogP contribution < -0.4 is 15.4 Å². The maximum atomic E-state index is 12.5. The molecule has 0 heterocycles. The number of fused-ring (bicyclic) bond motifs is 1. The zero-order chi connectivity index (χ0) is 19.9. The van der Waals surface area contributed by atoms with E-state index in [-0.39, 0.29) is 11.0 Å². The van der Waals surface area contributed by atoms with Crippen molar-refractivity contribution in [2.24, 2.45) is 0 Å². The van der Waals surface area contributed by atoms with Gasteiger partial charge in [0.1, 0.15) is 12.4 Å². The van der Waals surface area contributed by atoms with Gasteiger partial charge < -0.3 is 14.8 Å². The number of rotatable bonds is 6. The fraction of sp³-hybridized carbons (Fsp3) is 0.143. The van der Waals surface area contributed by atoms with Crippen LogP contribution in [0.4, 0.5) is 5.69 Å². The molecule has 5 nitrogen and oxygen atoms in total. The van der Waals surface area contributed by atoms with Crippen molar-refractivity contribution >= 4 is 55.6 Å². The molecule has 1 amide bonds. The zero-order valence-corrected chi connectivity index (χ0v) is 17.6. The lowest BCUT2D eigenvalue weighted by atomic mass is 10.1. The van der Waals surface area contributed by atoms with E-state index >= 15 is 0 Å². The van der Waals surface area contributed by atoms with Crippen molar-refractivity contribution in [3.63, 3.8) is 0 Å². The van der Waals surface area contributed by atoms with E-state index in [1.54, 1.807) is 25.3 Å². The molecule has 0 bridgehead atoms. The zero-order valence-electron chi connectivity index (χ0n) is 15.2. The molecular formula is C21H19BrN2O3S. The van der Waals surface area contributed by atoms with E-state index in [4.69, 9.17) is 21.7 Å². The average molecular weight is 459 g/mol. The number of benzene rings is 3. The minimum absolute atomic E-state index is 0.234. The first-order valence-electron chi connectivity index (χ1n) is 8.60. The Labute approximate surface area is 177 Å². The number of anilines is 1. The fourth-order valence-electron chi connectivity index (χ4n) is 2.66. The van der Waals surface area contributed by atoms with Gasteiger partial charge in [-0.15, -0.1) is 0 Å². The normalized spacial score (nSPS) is 10.5. The third kappa shape index (κ3) is 5.07. The maximum absolute atomic E-state index is 12.5. The number of methoxy groups -OCH3 is 1. The van der Waals surface area contributed by atoms with E-state index in [9.17, 15) is 4.79 Å². The van der Waals surface area contributed by atoms with Gasteiger partial charge in [-0.2, -0.15) is 0 Å². The van der Waals surface area contributed by atoms with Crippen molar-refractivity contribution in [1.82, 2.24) is 5.32 Å². The Hall–Kier alpha value is -2.48. The van der Waals surface area contributed by atoms with E-state index in [0.29, 0.717) is 29.0 Å². The Kier molecular flexibility index (Phi) is 6.97. The summed E-state index contributed by atoms with van der Waals surface area (Å²) in [6, 6.07) is 19.0. The Bertz CT molecular complexity index is 1000. The molecule has 3 aromatic rings. The molecule has 0 fully saturated rings. The number of carbonyl (C=O) groups is 1. The summed E-state index contributed by atoms with van der Waals surface area (Å²) in [5, 5.41) is 8.16. The van der Waals surface area contributed by atoms with Crippen LogP contribution in [0.5, 0.6) is 5.75 Å². The summed E-state index contributed by atoms with van der Waals surface area (Å²) in [6.07, 6.45) is 0. The molecule has 0 spiro atoms. The minimum atomic E-state index is -0.304. The standard InChI is InChI=1S/C21H19BrN2O3S/c1-26-11-12-27-19-10-9-15(13-17(19)22)20(25)24-21(28)23-18-8-4-6-14-5-2-3-7-16(14)18/h2-10,13H,11-12H2,1H3,(H2,23,24,25,28). The maximum Gasteiger partial charge on any atom is 0.257 e. The van der Waals surface area contributed by atoms with Crippen LogP contribution >= 0.6 is 28.1 Å². The number of nitrogens with one attached hydrogen (secondary N) is 2. The average Bonchev–Trinajstić information content (AvgIpc) is 2.69. The molecule has 0 aliphatic carbocycles. The number of hydrogen-bond acceptors (Lipinski definition) is 4. The molecule has 28 heavy (non-hydrogen) atoms. The van der Waals surface area contributed by atoms with Crippen molar-refractivity contribution in [3.8, 4) is 5.75 Å². The third-order valence-corrected chi connectivity index (χ3v) is 4.83. The Morgan fingerprint density at radius 1 is 1.07 bits per heavy atom. The molecule has 0 aliphatic rings. The van der Waals surface area contributed by atoms with Gasteiger partial charge >= 0.3 is 0 Å². The Morgan fingerprint density at radius 3 is 2.64 bits per heavy atom. The van der Waals surface area contributed by atoms with Crippen molar-refractivity contribution in [2.45, 2.75) is 0 Å². The molecule has 0 unspecified atom stereocenters. The van der Waals surface area contributed by atoms with Crippen molar-refractivity contribution in [1.29, 1.82) is 0 Å². The van der Waals surface area contributed by atoms with E-state index < -0.39 is 0 Å². The summed E-state index contributed by atoms with van der Waals surface area (Å²) in [4.78, 5) is 12.5. The third-order valence-electron chi connectivity index (χ3n) is 4.00. The van der Waals surface area contributed by atoms with E-state index in [0.717, 1.165) is 16.5 Å². The first kappa shape index (κ1) is 20.3. The van der Waals surface area contributed by atoms with Gasteiger partial charge in [-0.05, 0) is 57.8 Å². The predicted molar refractivity (Wildman–Crippen MR) is 119 cm³/mol. The smallest absolute Gasteiger partial charge is 0.257 e. The highest BCUT2D eigenvalue weighted by Gasteiger charge is 2.12. The molecule has 144 valence electrons.